The number of hydrogen-bond acceptors (Lipinski definition) is 3. The maximum absolute atomic E-state index is 12.1. The summed E-state index contributed by atoms with van der Waals surface area (Å²) in [6, 6.07) is 7.68. The van der Waals surface area contributed by atoms with Crippen molar-refractivity contribution in [2.45, 2.75) is 32.6 Å². The number of carbonyl (C=O) groups excluding carboxylic acids is 1. The molecule has 1 aliphatic heterocycles. The second-order valence-electron chi connectivity index (χ2n) is 6.54. The van der Waals surface area contributed by atoms with Crippen molar-refractivity contribution < 1.29 is 4.79 Å². The predicted molar refractivity (Wildman–Crippen MR) is 96.3 cm³/mol. The highest BCUT2D eigenvalue weighted by atomic mass is 35.5. The monoisotopic (exact) mass is 339 g/mol. The van der Waals surface area contributed by atoms with Crippen LogP contribution in [0.5, 0.6) is 0 Å². The van der Waals surface area contributed by atoms with Crippen LogP contribution in [0.25, 0.3) is 0 Å². The van der Waals surface area contributed by atoms with Gasteiger partial charge in [0, 0.05) is 40.4 Å². The van der Waals surface area contributed by atoms with Crippen molar-refractivity contribution in [2.75, 3.05) is 5.32 Å². The molecule has 0 bridgehead atoms. The van der Waals surface area contributed by atoms with E-state index in [2.05, 4.69) is 21.4 Å². The van der Waals surface area contributed by atoms with Gasteiger partial charge in [0.25, 0.3) is 0 Å². The number of nitrogens with one attached hydrogen (secondary N) is 1. The van der Waals surface area contributed by atoms with E-state index in [4.69, 9.17) is 11.6 Å². The third-order valence-electron chi connectivity index (χ3n) is 4.70. The first-order valence-corrected chi connectivity index (χ1v) is 8.62. The Hall–Kier alpha value is -2.20. The van der Waals surface area contributed by atoms with Gasteiger partial charge in [0.15, 0.2) is 5.82 Å². The summed E-state index contributed by atoms with van der Waals surface area (Å²) in [7, 11) is 0. The Balaban J connectivity index is 1.59. The molecule has 2 aromatic rings. The van der Waals surface area contributed by atoms with Crippen LogP contribution in [-0.4, -0.2) is 16.6 Å². The van der Waals surface area contributed by atoms with Gasteiger partial charge in [-0.15, -0.1) is 0 Å². The number of anilines is 1. The lowest BCUT2D eigenvalue weighted by molar-refractivity contribution is -0.122. The van der Waals surface area contributed by atoms with Crippen LogP contribution in [-0.2, 0) is 11.2 Å². The normalized spacial score (nSPS) is 16.3. The lowest BCUT2D eigenvalue weighted by atomic mass is 9.85. The number of halogens is 1. The van der Waals surface area contributed by atoms with Gasteiger partial charge in [-0.05, 0) is 43.5 Å². The Morgan fingerprint density at radius 3 is 2.88 bits per heavy atom. The summed E-state index contributed by atoms with van der Waals surface area (Å²) in [5.41, 5.74) is 4.77. The molecule has 1 fully saturated rings. The van der Waals surface area contributed by atoms with E-state index in [0.29, 0.717) is 11.4 Å². The summed E-state index contributed by atoms with van der Waals surface area (Å²) in [5, 5.41) is 3.64. The number of pyridine rings is 1. The molecule has 0 saturated heterocycles. The zero-order valence-electron chi connectivity index (χ0n) is 13.5. The van der Waals surface area contributed by atoms with Gasteiger partial charge < -0.3 is 5.32 Å². The summed E-state index contributed by atoms with van der Waals surface area (Å²) in [6.45, 7) is 2.02. The van der Waals surface area contributed by atoms with Crippen LogP contribution < -0.4 is 5.32 Å². The van der Waals surface area contributed by atoms with Crippen molar-refractivity contribution in [1.29, 1.82) is 0 Å². The van der Waals surface area contributed by atoms with E-state index >= 15 is 0 Å². The molecule has 2 aliphatic rings. The van der Waals surface area contributed by atoms with Crippen LogP contribution in [0.15, 0.2) is 35.5 Å². The molecule has 4 nitrogen and oxygen atoms in total. The summed E-state index contributed by atoms with van der Waals surface area (Å²) >= 11 is 6.37. The standard InChI is InChI=1S/C19H18ClN3O/c1-11-7-13-8-17(23-18(13)21-10-11)15-9-14(5-6-16(15)20)22-19(24)12-3-2-4-12/h5-7,9-10,12H,2-4,8H2,1H3,(H,22,24). The van der Waals surface area contributed by atoms with Crippen LogP contribution in [0.3, 0.4) is 0 Å². The molecule has 0 radical (unpaired) electrons. The molecule has 1 aliphatic carbocycles. The van der Waals surface area contributed by atoms with Gasteiger partial charge in [0.2, 0.25) is 5.91 Å². The van der Waals surface area contributed by atoms with E-state index in [1.54, 1.807) is 0 Å². The van der Waals surface area contributed by atoms with Crippen molar-refractivity contribution in [3.05, 3.63) is 52.2 Å². The van der Waals surface area contributed by atoms with Crippen molar-refractivity contribution in [3.8, 4) is 0 Å². The highest BCUT2D eigenvalue weighted by Gasteiger charge is 2.25. The van der Waals surface area contributed by atoms with E-state index in [9.17, 15) is 4.79 Å². The smallest absolute Gasteiger partial charge is 0.227 e. The molecule has 1 N–H and O–H groups in total. The van der Waals surface area contributed by atoms with Crippen LogP contribution in [0.4, 0.5) is 11.5 Å². The third-order valence-corrected chi connectivity index (χ3v) is 5.03. The molecule has 1 aromatic heterocycles. The Labute approximate surface area is 146 Å². The SMILES string of the molecule is Cc1cnc2c(c1)CC(c1cc(NC(=O)C3CCC3)ccc1Cl)=N2. The minimum Gasteiger partial charge on any atom is -0.326 e. The van der Waals surface area contributed by atoms with Crippen LogP contribution in [0.1, 0.15) is 36.0 Å². The number of benzene rings is 1. The third kappa shape index (κ3) is 2.82. The Kier molecular flexibility index (Phi) is 3.85. The van der Waals surface area contributed by atoms with Gasteiger partial charge in [0.05, 0.1) is 5.71 Å². The predicted octanol–water partition coefficient (Wildman–Crippen LogP) is 4.46. The van der Waals surface area contributed by atoms with Crippen molar-refractivity contribution >= 4 is 34.7 Å². The molecule has 0 unspecified atom stereocenters. The van der Waals surface area contributed by atoms with Gasteiger partial charge in [-0.1, -0.05) is 24.1 Å². The number of hydrogen-bond donors (Lipinski definition) is 1. The van der Waals surface area contributed by atoms with Crippen molar-refractivity contribution in [3.63, 3.8) is 0 Å². The van der Waals surface area contributed by atoms with Gasteiger partial charge in [-0.3, -0.25) is 4.79 Å². The molecular weight excluding hydrogens is 322 g/mol. The molecule has 0 atom stereocenters. The highest BCUT2D eigenvalue weighted by Crippen LogP contribution is 2.32. The molecule has 1 aromatic carbocycles. The van der Waals surface area contributed by atoms with E-state index in [1.165, 1.54) is 0 Å². The van der Waals surface area contributed by atoms with Gasteiger partial charge in [-0.2, -0.15) is 0 Å². The van der Waals surface area contributed by atoms with E-state index in [1.807, 2.05) is 31.3 Å². The maximum Gasteiger partial charge on any atom is 0.227 e. The first kappa shape index (κ1) is 15.3. The Morgan fingerprint density at radius 1 is 1.29 bits per heavy atom. The summed E-state index contributed by atoms with van der Waals surface area (Å²) in [6.07, 6.45) is 5.65. The molecule has 1 amide bonds. The second kappa shape index (κ2) is 6.02. The molecule has 24 heavy (non-hydrogen) atoms. The minimum atomic E-state index is 0.100. The summed E-state index contributed by atoms with van der Waals surface area (Å²) in [4.78, 5) is 21.1. The van der Waals surface area contributed by atoms with Gasteiger partial charge >= 0.3 is 0 Å². The topological polar surface area (TPSA) is 54.4 Å². The first-order valence-electron chi connectivity index (χ1n) is 8.24. The largest absolute Gasteiger partial charge is 0.326 e. The van der Waals surface area contributed by atoms with Gasteiger partial charge in [-0.25, -0.2) is 9.98 Å². The first-order chi connectivity index (χ1) is 11.6. The fourth-order valence-electron chi connectivity index (χ4n) is 3.10. The minimum absolute atomic E-state index is 0.100. The zero-order chi connectivity index (χ0) is 16.7. The summed E-state index contributed by atoms with van der Waals surface area (Å²) in [5.74, 6) is 1.02. The Bertz CT molecular complexity index is 856. The number of aliphatic imine (C=N–C) groups is 1. The number of aryl methyl sites for hydroxylation is 1. The highest BCUT2D eigenvalue weighted by molar-refractivity contribution is 6.34. The number of carbonyl (C=O) groups is 1. The van der Waals surface area contributed by atoms with E-state index < -0.39 is 0 Å². The second-order valence-corrected chi connectivity index (χ2v) is 6.95. The van der Waals surface area contributed by atoms with Crippen molar-refractivity contribution in [2.24, 2.45) is 10.9 Å². The summed E-state index contributed by atoms with van der Waals surface area (Å²) < 4.78 is 0. The molecule has 1 saturated carbocycles. The lowest BCUT2D eigenvalue weighted by Crippen LogP contribution is -2.28. The molecule has 0 spiro atoms. The molecule has 5 heteroatoms. The van der Waals surface area contributed by atoms with E-state index in [-0.39, 0.29) is 11.8 Å². The Morgan fingerprint density at radius 2 is 2.12 bits per heavy atom. The number of nitrogens with zero attached hydrogens (tertiary/aromatic N) is 2. The lowest BCUT2D eigenvalue weighted by Gasteiger charge is -2.24. The molecule has 2 heterocycles. The van der Waals surface area contributed by atoms with Crippen LogP contribution >= 0.6 is 11.6 Å². The molecular formula is C19H18ClN3O. The zero-order valence-corrected chi connectivity index (χ0v) is 14.2. The molecule has 122 valence electrons. The average molecular weight is 340 g/mol. The number of fused-ring (bicyclic) bond motifs is 1. The average Bonchev–Trinajstić information content (AvgIpc) is 2.90. The quantitative estimate of drug-likeness (QED) is 0.897. The van der Waals surface area contributed by atoms with Crippen LogP contribution in [0.2, 0.25) is 5.02 Å². The molecule has 4 rings (SSSR count). The number of rotatable bonds is 3. The van der Waals surface area contributed by atoms with E-state index in [0.717, 1.165) is 53.2 Å². The maximum atomic E-state index is 12.1. The number of amides is 1. The van der Waals surface area contributed by atoms with Crippen LogP contribution in [0, 0.1) is 12.8 Å². The number of aromatic nitrogens is 1. The fraction of sp³-hybridized carbons (Fsp3) is 0.316. The fourth-order valence-corrected chi connectivity index (χ4v) is 3.32. The van der Waals surface area contributed by atoms with Gasteiger partial charge in [0.1, 0.15) is 0 Å². The van der Waals surface area contributed by atoms with Crippen molar-refractivity contribution in [1.82, 2.24) is 4.98 Å².